The van der Waals surface area contributed by atoms with Crippen molar-refractivity contribution in [3.8, 4) is 0 Å². The molecule has 0 aromatic heterocycles. The number of hydrogen-bond acceptors (Lipinski definition) is 2. The van der Waals surface area contributed by atoms with Crippen molar-refractivity contribution in [2.45, 2.75) is 57.9 Å². The van der Waals surface area contributed by atoms with Crippen LogP contribution in [0.25, 0.3) is 0 Å². The molecule has 146 valence electrons. The van der Waals surface area contributed by atoms with Gasteiger partial charge in [-0.25, -0.2) is 4.39 Å². The van der Waals surface area contributed by atoms with Crippen molar-refractivity contribution in [2.24, 2.45) is 4.99 Å². The van der Waals surface area contributed by atoms with Gasteiger partial charge in [-0.3, -0.25) is 4.99 Å². The highest BCUT2D eigenvalue weighted by Crippen LogP contribution is 2.48. The Kier molecular flexibility index (Phi) is 7.88. The molecule has 0 amide bonds. The Morgan fingerprint density at radius 1 is 1.27 bits per heavy atom. The Balaban J connectivity index is 1.81. The van der Waals surface area contributed by atoms with Gasteiger partial charge in [-0.15, -0.1) is 0 Å². The summed E-state index contributed by atoms with van der Waals surface area (Å²) in [5, 5.41) is 6.75. The van der Waals surface area contributed by atoms with Gasteiger partial charge in [-0.2, -0.15) is 0 Å². The summed E-state index contributed by atoms with van der Waals surface area (Å²) in [6.45, 7) is 10.1. The fraction of sp³-hybridized carbons (Fsp3) is 0.667. The van der Waals surface area contributed by atoms with Gasteiger partial charge in [0.05, 0.1) is 6.54 Å². The van der Waals surface area contributed by atoms with Gasteiger partial charge in [0.1, 0.15) is 5.82 Å². The van der Waals surface area contributed by atoms with Crippen LogP contribution in [0.1, 0.15) is 52.0 Å². The van der Waals surface area contributed by atoms with Crippen LogP contribution in [0.15, 0.2) is 29.3 Å². The van der Waals surface area contributed by atoms with Crippen molar-refractivity contribution in [3.05, 3.63) is 35.6 Å². The van der Waals surface area contributed by atoms with Gasteiger partial charge in [-0.1, -0.05) is 12.1 Å². The van der Waals surface area contributed by atoms with E-state index >= 15 is 0 Å². The number of guanidine groups is 1. The van der Waals surface area contributed by atoms with Crippen LogP contribution in [0.5, 0.6) is 0 Å². The van der Waals surface area contributed by atoms with Gasteiger partial charge in [-0.05, 0) is 77.7 Å². The van der Waals surface area contributed by atoms with E-state index < -0.39 is 0 Å². The summed E-state index contributed by atoms with van der Waals surface area (Å²) in [6.07, 6.45) is 4.46. The molecule has 26 heavy (non-hydrogen) atoms. The standard InChI is InChI=1S/C21H35FN4/c1-5-23-20(24-13-6-7-14-26(4)17(2)3)25-16-21(11-12-21)18-9-8-10-19(22)15-18/h8-10,15,17H,5-7,11-14,16H2,1-4H3,(H2,23,24,25). The molecule has 0 aliphatic heterocycles. The zero-order chi connectivity index (χ0) is 19.0. The highest BCUT2D eigenvalue weighted by Gasteiger charge is 2.44. The molecule has 0 radical (unpaired) electrons. The second-order valence-corrected chi connectivity index (χ2v) is 7.69. The first kappa shape index (κ1) is 20.7. The van der Waals surface area contributed by atoms with Crippen molar-refractivity contribution < 1.29 is 4.39 Å². The van der Waals surface area contributed by atoms with Gasteiger partial charge in [0, 0.05) is 24.5 Å². The van der Waals surface area contributed by atoms with E-state index in [2.05, 4.69) is 43.4 Å². The number of aliphatic imine (C=N–C) groups is 1. The third-order valence-corrected chi connectivity index (χ3v) is 5.29. The van der Waals surface area contributed by atoms with Gasteiger partial charge < -0.3 is 15.5 Å². The molecule has 0 unspecified atom stereocenters. The molecule has 0 heterocycles. The zero-order valence-corrected chi connectivity index (χ0v) is 16.8. The Morgan fingerprint density at radius 3 is 2.65 bits per heavy atom. The summed E-state index contributed by atoms with van der Waals surface area (Å²) < 4.78 is 13.5. The average Bonchev–Trinajstić information content (AvgIpc) is 3.40. The minimum atomic E-state index is -0.158. The third kappa shape index (κ3) is 6.27. The zero-order valence-electron chi connectivity index (χ0n) is 16.8. The molecule has 0 saturated heterocycles. The summed E-state index contributed by atoms with van der Waals surface area (Å²) in [5.41, 5.74) is 1.11. The maximum Gasteiger partial charge on any atom is 0.191 e. The highest BCUT2D eigenvalue weighted by molar-refractivity contribution is 5.79. The van der Waals surface area contributed by atoms with E-state index in [1.165, 1.54) is 12.5 Å². The van der Waals surface area contributed by atoms with Crippen molar-refractivity contribution in [1.82, 2.24) is 15.5 Å². The van der Waals surface area contributed by atoms with Crippen LogP contribution in [-0.2, 0) is 5.41 Å². The summed E-state index contributed by atoms with van der Waals surface area (Å²) >= 11 is 0. The molecule has 1 saturated carbocycles. The van der Waals surface area contributed by atoms with Crippen molar-refractivity contribution in [1.29, 1.82) is 0 Å². The predicted molar refractivity (Wildman–Crippen MR) is 108 cm³/mol. The van der Waals surface area contributed by atoms with Gasteiger partial charge >= 0.3 is 0 Å². The minimum absolute atomic E-state index is 0.0322. The molecule has 4 nitrogen and oxygen atoms in total. The topological polar surface area (TPSA) is 39.7 Å². The van der Waals surface area contributed by atoms with Crippen LogP contribution in [0.3, 0.4) is 0 Å². The van der Waals surface area contributed by atoms with E-state index in [0.717, 1.165) is 50.4 Å². The van der Waals surface area contributed by atoms with Gasteiger partial charge in [0.25, 0.3) is 0 Å². The van der Waals surface area contributed by atoms with Crippen LogP contribution in [-0.4, -0.2) is 50.1 Å². The lowest BCUT2D eigenvalue weighted by Gasteiger charge is -2.21. The molecule has 1 aromatic carbocycles. The first-order valence-corrected chi connectivity index (χ1v) is 9.95. The minimum Gasteiger partial charge on any atom is -0.357 e. The molecule has 1 fully saturated rings. The first-order chi connectivity index (χ1) is 12.5. The van der Waals surface area contributed by atoms with E-state index in [1.807, 2.05) is 6.07 Å². The number of nitrogens with one attached hydrogen (secondary N) is 2. The lowest BCUT2D eigenvalue weighted by atomic mass is 9.96. The second-order valence-electron chi connectivity index (χ2n) is 7.69. The Bertz CT molecular complexity index is 581. The van der Waals surface area contributed by atoms with Gasteiger partial charge in [0.15, 0.2) is 5.96 Å². The molecule has 1 aromatic rings. The molecular weight excluding hydrogens is 327 g/mol. The molecular formula is C21H35FN4. The highest BCUT2D eigenvalue weighted by atomic mass is 19.1. The normalized spacial score (nSPS) is 16.2. The molecule has 0 bridgehead atoms. The summed E-state index contributed by atoms with van der Waals surface area (Å²) in [7, 11) is 2.17. The largest absolute Gasteiger partial charge is 0.357 e. The lowest BCUT2D eigenvalue weighted by molar-refractivity contribution is 0.268. The fourth-order valence-electron chi connectivity index (χ4n) is 3.03. The number of halogens is 1. The molecule has 1 aliphatic rings. The Labute approximate surface area is 158 Å². The Hall–Kier alpha value is -1.62. The SMILES string of the molecule is CCNC(=NCC1(c2cccc(F)c2)CC1)NCCCCN(C)C(C)C. The summed E-state index contributed by atoms with van der Waals surface area (Å²) in [5.74, 6) is 0.710. The molecule has 0 spiro atoms. The number of nitrogens with zero attached hydrogens (tertiary/aromatic N) is 2. The van der Waals surface area contributed by atoms with Crippen LogP contribution in [0.4, 0.5) is 4.39 Å². The first-order valence-electron chi connectivity index (χ1n) is 9.95. The second kappa shape index (κ2) is 9.91. The number of benzene rings is 1. The lowest BCUT2D eigenvalue weighted by Crippen LogP contribution is -2.38. The Morgan fingerprint density at radius 2 is 2.04 bits per heavy atom. The molecule has 5 heteroatoms. The maximum absolute atomic E-state index is 13.5. The van der Waals surface area contributed by atoms with E-state index in [4.69, 9.17) is 4.99 Å². The van der Waals surface area contributed by atoms with E-state index in [1.54, 1.807) is 12.1 Å². The smallest absolute Gasteiger partial charge is 0.191 e. The molecule has 2 rings (SSSR count). The van der Waals surface area contributed by atoms with Crippen molar-refractivity contribution in [3.63, 3.8) is 0 Å². The number of hydrogen-bond donors (Lipinski definition) is 2. The van der Waals surface area contributed by atoms with E-state index in [0.29, 0.717) is 12.6 Å². The summed E-state index contributed by atoms with van der Waals surface area (Å²) in [4.78, 5) is 7.15. The number of rotatable bonds is 10. The quantitative estimate of drug-likeness (QED) is 0.380. The fourth-order valence-corrected chi connectivity index (χ4v) is 3.03. The molecule has 2 N–H and O–H groups in total. The monoisotopic (exact) mass is 362 g/mol. The predicted octanol–water partition coefficient (Wildman–Crippen LogP) is 3.53. The molecule has 1 aliphatic carbocycles. The molecule has 0 atom stereocenters. The van der Waals surface area contributed by atoms with Crippen LogP contribution >= 0.6 is 0 Å². The van der Waals surface area contributed by atoms with Crippen LogP contribution < -0.4 is 10.6 Å². The van der Waals surface area contributed by atoms with Crippen molar-refractivity contribution in [2.75, 3.05) is 33.2 Å². The third-order valence-electron chi connectivity index (χ3n) is 5.29. The average molecular weight is 363 g/mol. The number of unbranched alkanes of at least 4 members (excludes halogenated alkanes) is 1. The van der Waals surface area contributed by atoms with Gasteiger partial charge in [0.2, 0.25) is 0 Å². The van der Waals surface area contributed by atoms with Crippen LogP contribution in [0.2, 0.25) is 0 Å². The van der Waals surface area contributed by atoms with Crippen molar-refractivity contribution >= 4 is 5.96 Å². The summed E-state index contributed by atoms with van der Waals surface area (Å²) in [6, 6.07) is 7.59. The van der Waals surface area contributed by atoms with E-state index in [9.17, 15) is 4.39 Å². The van der Waals surface area contributed by atoms with E-state index in [-0.39, 0.29) is 11.2 Å². The maximum atomic E-state index is 13.5. The van der Waals surface area contributed by atoms with Crippen LogP contribution in [0, 0.1) is 5.82 Å².